The van der Waals surface area contributed by atoms with Gasteiger partial charge in [0.1, 0.15) is 11.5 Å². The molecule has 1 saturated heterocycles. The van der Waals surface area contributed by atoms with Crippen molar-refractivity contribution in [2.45, 2.75) is 17.7 Å². The van der Waals surface area contributed by atoms with Crippen molar-refractivity contribution in [1.82, 2.24) is 14.4 Å². The predicted octanol–water partition coefficient (Wildman–Crippen LogP) is 3.47. The lowest BCUT2D eigenvalue weighted by Gasteiger charge is -2.26. The van der Waals surface area contributed by atoms with E-state index in [9.17, 15) is 13.2 Å². The molecule has 1 fully saturated rings. The number of carbonyl (C=O) groups is 1. The molecule has 184 valence electrons. The van der Waals surface area contributed by atoms with Gasteiger partial charge in [-0.2, -0.15) is 4.31 Å². The number of nitrogens with zero attached hydrogens (tertiary/aromatic N) is 3. The van der Waals surface area contributed by atoms with Gasteiger partial charge >= 0.3 is 0 Å². The number of aromatic nitrogens is 1. The molecule has 0 radical (unpaired) electrons. The smallest absolute Gasteiger partial charge is 0.246 e. The Morgan fingerprint density at radius 2 is 1.80 bits per heavy atom. The number of sulfonamides is 1. The van der Waals surface area contributed by atoms with Crippen LogP contribution >= 0.6 is 0 Å². The molecule has 1 aliphatic rings. The Labute approximate surface area is 205 Å². The van der Waals surface area contributed by atoms with Crippen molar-refractivity contribution >= 4 is 22.0 Å². The number of benzene rings is 2. The number of hydrogen-bond acceptors (Lipinski definition) is 6. The third kappa shape index (κ3) is 6.45. The van der Waals surface area contributed by atoms with Crippen LogP contribution in [0, 0.1) is 0 Å². The zero-order valence-corrected chi connectivity index (χ0v) is 20.5. The van der Waals surface area contributed by atoms with Crippen molar-refractivity contribution in [2.75, 3.05) is 39.9 Å². The highest BCUT2D eigenvalue weighted by molar-refractivity contribution is 7.89. The SMILES string of the molecule is CN(CCCc1cc(-c2ccccc2)no1)C(=O)/C=C/c1ccc(S(=O)(=O)N2CCOCC2)cc1. The summed E-state index contributed by atoms with van der Waals surface area (Å²) in [4.78, 5) is 14.3. The lowest BCUT2D eigenvalue weighted by Crippen LogP contribution is -2.40. The normalized spacial score (nSPS) is 14.9. The minimum Gasteiger partial charge on any atom is -0.379 e. The van der Waals surface area contributed by atoms with Gasteiger partial charge in [0.2, 0.25) is 15.9 Å². The first-order chi connectivity index (χ1) is 16.9. The van der Waals surface area contributed by atoms with E-state index in [1.54, 1.807) is 42.3 Å². The van der Waals surface area contributed by atoms with Crippen LogP contribution in [0.2, 0.25) is 0 Å². The maximum Gasteiger partial charge on any atom is 0.246 e. The third-order valence-electron chi connectivity index (χ3n) is 5.83. The lowest BCUT2D eigenvalue weighted by atomic mass is 10.1. The zero-order chi connectivity index (χ0) is 24.7. The highest BCUT2D eigenvalue weighted by atomic mass is 32.2. The average molecular weight is 496 g/mol. The minimum atomic E-state index is -3.53. The number of amides is 1. The van der Waals surface area contributed by atoms with E-state index in [0.717, 1.165) is 29.0 Å². The zero-order valence-electron chi connectivity index (χ0n) is 19.7. The fourth-order valence-electron chi connectivity index (χ4n) is 3.76. The first-order valence-electron chi connectivity index (χ1n) is 11.6. The second kappa shape index (κ2) is 11.4. The second-order valence-electron chi connectivity index (χ2n) is 8.33. The van der Waals surface area contributed by atoms with Crippen LogP contribution in [0.3, 0.4) is 0 Å². The van der Waals surface area contributed by atoms with Crippen LogP contribution < -0.4 is 0 Å². The standard InChI is InChI=1S/C26H29N3O5S/c1-28(15-5-8-23-20-25(27-34-23)22-6-3-2-4-7-22)26(30)14-11-21-9-12-24(13-10-21)35(31,32)29-16-18-33-19-17-29/h2-4,6-7,9-14,20H,5,8,15-19H2,1H3/b14-11+. The van der Waals surface area contributed by atoms with Gasteiger partial charge in [0.05, 0.1) is 18.1 Å². The average Bonchev–Trinajstić information content (AvgIpc) is 3.37. The number of hydrogen-bond donors (Lipinski definition) is 0. The Morgan fingerprint density at radius 1 is 1.09 bits per heavy atom. The molecule has 0 unspecified atom stereocenters. The summed E-state index contributed by atoms with van der Waals surface area (Å²) in [6.45, 7) is 2.10. The Morgan fingerprint density at radius 3 is 2.51 bits per heavy atom. The van der Waals surface area contributed by atoms with Gasteiger partial charge < -0.3 is 14.2 Å². The van der Waals surface area contributed by atoms with E-state index in [2.05, 4.69) is 5.16 Å². The van der Waals surface area contributed by atoms with E-state index < -0.39 is 10.0 Å². The van der Waals surface area contributed by atoms with Gasteiger partial charge in [-0.15, -0.1) is 0 Å². The Hall–Kier alpha value is -3.27. The fraction of sp³-hybridized carbons (Fsp3) is 0.308. The third-order valence-corrected chi connectivity index (χ3v) is 7.74. The number of rotatable bonds is 9. The van der Waals surface area contributed by atoms with E-state index in [-0.39, 0.29) is 10.8 Å². The molecule has 0 spiro atoms. The summed E-state index contributed by atoms with van der Waals surface area (Å²) in [6.07, 6.45) is 4.60. The van der Waals surface area contributed by atoms with Crippen LogP contribution in [0.4, 0.5) is 0 Å². The summed E-state index contributed by atoms with van der Waals surface area (Å²) >= 11 is 0. The summed E-state index contributed by atoms with van der Waals surface area (Å²) in [5.74, 6) is 0.657. The van der Waals surface area contributed by atoms with Gasteiger partial charge in [-0.25, -0.2) is 8.42 Å². The van der Waals surface area contributed by atoms with Crippen LogP contribution in [0.1, 0.15) is 17.7 Å². The number of aryl methyl sites for hydroxylation is 1. The largest absolute Gasteiger partial charge is 0.379 e. The molecular weight excluding hydrogens is 466 g/mol. The van der Waals surface area contributed by atoms with Crippen LogP contribution in [-0.4, -0.2) is 68.6 Å². The van der Waals surface area contributed by atoms with Crippen molar-refractivity contribution in [3.8, 4) is 11.3 Å². The Bertz CT molecular complexity index is 1250. The van der Waals surface area contributed by atoms with Crippen LogP contribution in [0.15, 0.2) is 76.2 Å². The van der Waals surface area contributed by atoms with Crippen molar-refractivity contribution in [2.24, 2.45) is 0 Å². The molecule has 0 aliphatic carbocycles. The summed E-state index contributed by atoms with van der Waals surface area (Å²) in [5.41, 5.74) is 2.56. The number of likely N-dealkylation sites (N-methyl/N-ethyl adjacent to an activating group) is 1. The minimum absolute atomic E-state index is 0.127. The first kappa shape index (κ1) is 24.8. The maximum atomic E-state index is 12.7. The van der Waals surface area contributed by atoms with E-state index in [4.69, 9.17) is 9.26 Å². The van der Waals surface area contributed by atoms with Gasteiger partial charge in [0, 0.05) is 50.8 Å². The van der Waals surface area contributed by atoms with Gasteiger partial charge in [0.25, 0.3) is 0 Å². The topological polar surface area (TPSA) is 93.0 Å². The molecular formula is C26H29N3O5S. The molecule has 2 heterocycles. The molecule has 3 aromatic rings. The van der Waals surface area contributed by atoms with Crippen LogP contribution in [0.5, 0.6) is 0 Å². The molecule has 1 aromatic heterocycles. The Balaban J connectivity index is 1.25. The Kier molecular flexibility index (Phi) is 8.12. The molecule has 2 aromatic carbocycles. The first-order valence-corrected chi connectivity index (χ1v) is 13.0. The van der Waals surface area contributed by atoms with Gasteiger partial charge in [-0.3, -0.25) is 4.79 Å². The molecule has 1 amide bonds. The quantitative estimate of drug-likeness (QED) is 0.422. The van der Waals surface area contributed by atoms with Crippen LogP contribution in [0.25, 0.3) is 17.3 Å². The lowest BCUT2D eigenvalue weighted by molar-refractivity contribution is -0.124. The van der Waals surface area contributed by atoms with Crippen molar-refractivity contribution < 1.29 is 22.5 Å². The highest BCUT2D eigenvalue weighted by Crippen LogP contribution is 2.20. The number of morpholine rings is 1. The molecule has 4 rings (SSSR count). The van der Waals surface area contributed by atoms with Gasteiger partial charge in [0.15, 0.2) is 0 Å². The molecule has 0 saturated carbocycles. The van der Waals surface area contributed by atoms with Crippen molar-refractivity contribution in [3.05, 3.63) is 78.1 Å². The molecule has 0 N–H and O–H groups in total. The molecule has 35 heavy (non-hydrogen) atoms. The molecule has 0 bridgehead atoms. The second-order valence-corrected chi connectivity index (χ2v) is 10.3. The summed E-state index contributed by atoms with van der Waals surface area (Å²) in [6, 6.07) is 18.3. The van der Waals surface area contributed by atoms with E-state index in [0.29, 0.717) is 39.3 Å². The van der Waals surface area contributed by atoms with Gasteiger partial charge in [-0.05, 0) is 30.2 Å². The summed E-state index contributed by atoms with van der Waals surface area (Å²) in [5, 5.41) is 4.12. The summed E-state index contributed by atoms with van der Waals surface area (Å²) in [7, 11) is -1.78. The highest BCUT2D eigenvalue weighted by Gasteiger charge is 2.26. The van der Waals surface area contributed by atoms with Crippen LogP contribution in [-0.2, 0) is 26.0 Å². The maximum absolute atomic E-state index is 12.7. The fourth-order valence-corrected chi connectivity index (χ4v) is 5.17. The number of ether oxygens (including phenoxy) is 1. The summed E-state index contributed by atoms with van der Waals surface area (Å²) < 4.78 is 37.5. The van der Waals surface area contributed by atoms with E-state index in [1.807, 2.05) is 36.4 Å². The van der Waals surface area contributed by atoms with Crippen molar-refractivity contribution in [3.63, 3.8) is 0 Å². The molecule has 1 aliphatic heterocycles. The molecule has 8 nitrogen and oxygen atoms in total. The van der Waals surface area contributed by atoms with Gasteiger partial charge in [-0.1, -0.05) is 47.6 Å². The monoisotopic (exact) mass is 495 g/mol. The number of carbonyl (C=O) groups excluding carboxylic acids is 1. The molecule has 0 atom stereocenters. The van der Waals surface area contributed by atoms with E-state index in [1.165, 1.54) is 10.4 Å². The van der Waals surface area contributed by atoms with E-state index >= 15 is 0 Å². The van der Waals surface area contributed by atoms with Crippen molar-refractivity contribution in [1.29, 1.82) is 0 Å². The molecule has 9 heteroatoms. The predicted molar refractivity (Wildman–Crippen MR) is 133 cm³/mol.